The minimum atomic E-state index is -0.458. The maximum Gasteiger partial charge on any atom is 0.410 e. The van der Waals surface area contributed by atoms with Gasteiger partial charge in [0.15, 0.2) is 0 Å². The molecule has 1 N–H and O–H groups in total. The predicted octanol–water partition coefficient (Wildman–Crippen LogP) is 4.26. The fourth-order valence-corrected chi connectivity index (χ4v) is 5.50. The quantitative estimate of drug-likeness (QED) is 0.799. The number of ether oxygens (including phenoxy) is 1. The first-order chi connectivity index (χ1) is 14.9. The van der Waals surface area contributed by atoms with Crippen LogP contribution in [0.5, 0.6) is 0 Å². The molecule has 2 fully saturated rings. The third-order valence-corrected chi connectivity index (χ3v) is 6.86. The molecule has 3 heterocycles. The van der Waals surface area contributed by atoms with E-state index in [9.17, 15) is 4.79 Å². The number of fused-ring (bicyclic) bond motifs is 3. The van der Waals surface area contributed by atoms with Gasteiger partial charge in [-0.3, -0.25) is 0 Å². The summed E-state index contributed by atoms with van der Waals surface area (Å²) in [6.07, 6.45) is 4.30. The highest BCUT2D eigenvalue weighted by Gasteiger charge is 2.44. The van der Waals surface area contributed by atoms with Crippen LogP contribution in [0, 0.1) is 11.8 Å². The first-order valence-corrected chi connectivity index (χ1v) is 11.6. The van der Waals surface area contributed by atoms with Crippen molar-refractivity contribution in [2.75, 3.05) is 18.4 Å². The van der Waals surface area contributed by atoms with Crippen molar-refractivity contribution in [2.45, 2.75) is 70.6 Å². The number of nitrogens with one attached hydrogen (secondary N) is 1. The van der Waals surface area contributed by atoms with Crippen LogP contribution >= 0.6 is 0 Å². The lowest BCUT2D eigenvalue weighted by Crippen LogP contribution is -2.51. The molecule has 0 radical (unpaired) electrons. The first-order valence-electron chi connectivity index (χ1n) is 11.6. The van der Waals surface area contributed by atoms with Crippen molar-refractivity contribution in [1.82, 2.24) is 19.7 Å². The Balaban J connectivity index is 1.29. The van der Waals surface area contributed by atoms with Gasteiger partial charge in [0.05, 0.1) is 0 Å². The van der Waals surface area contributed by atoms with Crippen LogP contribution in [-0.4, -0.2) is 50.5 Å². The summed E-state index contributed by atoms with van der Waals surface area (Å²) in [5.41, 5.74) is 0.855. The van der Waals surface area contributed by atoms with Gasteiger partial charge in [-0.25, -0.2) is 9.48 Å². The lowest BCUT2D eigenvalue weighted by atomic mass is 9.91. The summed E-state index contributed by atoms with van der Waals surface area (Å²) in [5, 5.41) is 8.47. The van der Waals surface area contributed by atoms with Gasteiger partial charge in [0.1, 0.15) is 11.4 Å². The zero-order valence-electron chi connectivity index (χ0n) is 18.8. The normalized spacial score (nSPS) is 27.6. The summed E-state index contributed by atoms with van der Waals surface area (Å²) in [5.74, 6) is 2.95. The highest BCUT2D eigenvalue weighted by molar-refractivity contribution is 5.68. The van der Waals surface area contributed by atoms with Crippen molar-refractivity contribution in [3.05, 3.63) is 41.7 Å². The molecule has 0 spiro atoms. The SMILES string of the molecule is CC(C)(C)OC(=O)N1C[C@H]2CC[C@@H](C1)C2Nc1nc2n(n1)CCCC2c1ccccc1. The van der Waals surface area contributed by atoms with Crippen LogP contribution in [0.1, 0.15) is 63.8 Å². The number of anilines is 1. The molecule has 1 saturated carbocycles. The number of carbonyl (C=O) groups excluding carboxylic acids is 1. The zero-order valence-corrected chi connectivity index (χ0v) is 18.8. The number of aryl methyl sites for hydroxylation is 1. The molecule has 3 aliphatic rings. The van der Waals surface area contributed by atoms with E-state index in [4.69, 9.17) is 14.8 Å². The van der Waals surface area contributed by atoms with Crippen molar-refractivity contribution in [3.63, 3.8) is 0 Å². The molecule has 5 rings (SSSR count). The summed E-state index contributed by atoms with van der Waals surface area (Å²) < 4.78 is 7.69. The van der Waals surface area contributed by atoms with Crippen LogP contribution in [0.2, 0.25) is 0 Å². The number of nitrogens with zero attached hydrogens (tertiary/aromatic N) is 4. The molecule has 1 amide bonds. The minimum Gasteiger partial charge on any atom is -0.444 e. The summed E-state index contributed by atoms with van der Waals surface area (Å²) in [6.45, 7) is 8.16. The Labute approximate surface area is 184 Å². The van der Waals surface area contributed by atoms with Crippen LogP contribution in [0.15, 0.2) is 30.3 Å². The van der Waals surface area contributed by atoms with Crippen LogP contribution in [0.4, 0.5) is 10.7 Å². The van der Waals surface area contributed by atoms with Crippen molar-refractivity contribution in [2.24, 2.45) is 11.8 Å². The first kappa shape index (κ1) is 20.3. The number of likely N-dealkylation sites (tertiary alicyclic amines) is 1. The Morgan fingerprint density at radius 1 is 1.10 bits per heavy atom. The lowest BCUT2D eigenvalue weighted by Gasteiger charge is -2.38. The number of aromatic nitrogens is 3. The summed E-state index contributed by atoms with van der Waals surface area (Å²) >= 11 is 0. The average Bonchev–Trinajstić information content (AvgIpc) is 3.23. The van der Waals surface area contributed by atoms with Crippen molar-refractivity contribution in [1.29, 1.82) is 0 Å². The maximum absolute atomic E-state index is 12.6. The molecule has 2 aromatic rings. The third kappa shape index (κ3) is 4.14. The number of hydrogen-bond donors (Lipinski definition) is 1. The van der Waals surface area contributed by atoms with Gasteiger partial charge in [0.25, 0.3) is 0 Å². The van der Waals surface area contributed by atoms with Gasteiger partial charge in [-0.05, 0) is 63.9 Å². The smallest absolute Gasteiger partial charge is 0.410 e. The van der Waals surface area contributed by atoms with Gasteiger partial charge in [-0.15, -0.1) is 5.10 Å². The second-order valence-electron chi connectivity index (χ2n) is 10.3. The van der Waals surface area contributed by atoms with Crippen LogP contribution < -0.4 is 5.32 Å². The van der Waals surface area contributed by atoms with Gasteiger partial charge < -0.3 is 15.0 Å². The van der Waals surface area contributed by atoms with E-state index < -0.39 is 5.60 Å². The zero-order chi connectivity index (χ0) is 21.6. The van der Waals surface area contributed by atoms with E-state index >= 15 is 0 Å². The van der Waals surface area contributed by atoms with Crippen LogP contribution in [0.3, 0.4) is 0 Å². The topological polar surface area (TPSA) is 72.3 Å². The largest absolute Gasteiger partial charge is 0.444 e. The van der Waals surface area contributed by atoms with E-state index in [1.807, 2.05) is 25.7 Å². The number of amides is 1. The Morgan fingerprint density at radius 3 is 2.48 bits per heavy atom. The predicted molar refractivity (Wildman–Crippen MR) is 119 cm³/mol. The van der Waals surface area contributed by atoms with Crippen molar-refractivity contribution < 1.29 is 9.53 Å². The molecule has 2 unspecified atom stereocenters. The van der Waals surface area contributed by atoms with E-state index in [2.05, 4.69) is 40.3 Å². The molecule has 4 atom stereocenters. The maximum atomic E-state index is 12.6. The molecule has 7 heteroatoms. The third-order valence-electron chi connectivity index (χ3n) is 6.86. The van der Waals surface area contributed by atoms with Gasteiger partial charge in [0, 0.05) is 31.6 Å². The summed E-state index contributed by atoms with van der Waals surface area (Å²) in [7, 11) is 0. The molecule has 31 heavy (non-hydrogen) atoms. The number of benzene rings is 1. The molecular formula is C24H33N5O2. The Morgan fingerprint density at radius 2 is 1.81 bits per heavy atom. The molecule has 1 saturated heterocycles. The second-order valence-corrected chi connectivity index (χ2v) is 10.3. The Hall–Kier alpha value is -2.57. The molecule has 1 aromatic carbocycles. The van der Waals surface area contributed by atoms with Gasteiger partial charge in [-0.2, -0.15) is 4.98 Å². The number of rotatable bonds is 3. The number of piperidine rings is 1. The second kappa shape index (κ2) is 7.84. The molecule has 2 bridgehead atoms. The van der Waals surface area contributed by atoms with Crippen LogP contribution in [-0.2, 0) is 11.3 Å². The summed E-state index contributed by atoms with van der Waals surface area (Å²) in [4.78, 5) is 19.4. The highest BCUT2D eigenvalue weighted by Crippen LogP contribution is 2.39. The number of carbonyl (C=O) groups is 1. The fraction of sp³-hybridized carbons (Fsp3) is 0.625. The Bertz CT molecular complexity index is 921. The van der Waals surface area contributed by atoms with E-state index in [0.29, 0.717) is 23.8 Å². The van der Waals surface area contributed by atoms with Gasteiger partial charge >= 0.3 is 6.09 Å². The van der Waals surface area contributed by atoms with E-state index in [0.717, 1.165) is 57.1 Å². The van der Waals surface area contributed by atoms with Crippen LogP contribution in [0.25, 0.3) is 0 Å². The molecule has 1 aliphatic carbocycles. The molecular weight excluding hydrogens is 390 g/mol. The lowest BCUT2D eigenvalue weighted by molar-refractivity contribution is 0.0141. The number of hydrogen-bond acceptors (Lipinski definition) is 5. The molecule has 7 nitrogen and oxygen atoms in total. The molecule has 166 valence electrons. The molecule has 1 aromatic heterocycles. The standard InChI is InChI=1S/C24H33N5O2/c1-24(2,3)31-23(30)28-14-17-11-12-18(15-28)20(17)25-22-26-21-19(10-7-13-29(21)27-22)16-8-5-4-6-9-16/h4-6,8-9,17-20H,7,10-15H2,1-3H3,(H,25,27)/t17-,18+,19?,20?. The average molecular weight is 424 g/mol. The van der Waals surface area contributed by atoms with Crippen molar-refractivity contribution >= 4 is 12.0 Å². The Kier molecular flexibility index (Phi) is 5.15. The van der Waals surface area contributed by atoms with E-state index in [1.165, 1.54) is 5.56 Å². The minimum absolute atomic E-state index is 0.191. The highest BCUT2D eigenvalue weighted by atomic mass is 16.6. The van der Waals surface area contributed by atoms with E-state index in [-0.39, 0.29) is 6.09 Å². The monoisotopic (exact) mass is 423 g/mol. The van der Waals surface area contributed by atoms with Crippen molar-refractivity contribution in [3.8, 4) is 0 Å². The summed E-state index contributed by atoms with van der Waals surface area (Å²) in [6, 6.07) is 10.9. The molecule has 2 aliphatic heterocycles. The van der Waals surface area contributed by atoms with Gasteiger partial charge in [0.2, 0.25) is 5.95 Å². The fourth-order valence-electron chi connectivity index (χ4n) is 5.50. The van der Waals surface area contributed by atoms with E-state index in [1.54, 1.807) is 0 Å². The van der Waals surface area contributed by atoms with Gasteiger partial charge in [-0.1, -0.05) is 30.3 Å².